The van der Waals surface area contributed by atoms with Crippen molar-refractivity contribution in [1.82, 2.24) is 15.5 Å². The van der Waals surface area contributed by atoms with Crippen LogP contribution in [0.25, 0.3) is 0 Å². The Morgan fingerprint density at radius 3 is 2.65 bits per heavy atom. The number of aliphatic hydroxyl groups is 1. The number of hydrogen-bond donors (Lipinski definition) is 4. The second kappa shape index (κ2) is 10.9. The van der Waals surface area contributed by atoms with E-state index in [1.165, 1.54) is 12.1 Å². The number of amides is 2. The van der Waals surface area contributed by atoms with Crippen molar-refractivity contribution in [2.45, 2.75) is 62.8 Å². The Bertz CT molecular complexity index is 1310. The lowest BCUT2D eigenvalue weighted by Crippen LogP contribution is -2.49. The van der Waals surface area contributed by atoms with Crippen LogP contribution in [0.1, 0.15) is 44.2 Å². The number of carbonyl (C=O) groups excluding carboxylic acids is 2. The highest BCUT2D eigenvalue weighted by Gasteiger charge is 2.65. The molecule has 8 nitrogen and oxygen atoms in total. The Kier molecular flexibility index (Phi) is 7.93. The van der Waals surface area contributed by atoms with Crippen LogP contribution in [-0.4, -0.2) is 77.4 Å². The Morgan fingerprint density at radius 1 is 1.25 bits per heavy atom. The van der Waals surface area contributed by atoms with Crippen LogP contribution in [0, 0.1) is 11.2 Å². The summed E-state index contributed by atoms with van der Waals surface area (Å²) in [7, 11) is 0. The van der Waals surface area contributed by atoms with Gasteiger partial charge in [-0.2, -0.15) is 0 Å². The summed E-state index contributed by atoms with van der Waals surface area (Å²) in [6.45, 7) is 7.79. The van der Waals surface area contributed by atoms with Crippen molar-refractivity contribution in [2.24, 2.45) is 5.41 Å². The molecule has 2 saturated heterocycles. The number of halogens is 3. The molecule has 2 aromatic rings. The number of nitrogens with zero attached hydrogens (tertiary/aromatic N) is 1. The molecule has 3 aliphatic heterocycles. The predicted molar refractivity (Wildman–Crippen MR) is 154 cm³/mol. The van der Waals surface area contributed by atoms with Crippen molar-refractivity contribution in [1.29, 1.82) is 0 Å². The third-order valence-corrected chi connectivity index (χ3v) is 8.81. The molecule has 0 radical (unpaired) electrons. The fraction of sp³-hybridized carbons (Fsp3) is 0.517. The van der Waals surface area contributed by atoms with Crippen LogP contribution in [0.4, 0.5) is 10.1 Å². The van der Waals surface area contributed by atoms with Gasteiger partial charge in [-0.25, -0.2) is 4.39 Å². The van der Waals surface area contributed by atoms with Gasteiger partial charge in [0, 0.05) is 42.3 Å². The van der Waals surface area contributed by atoms with Crippen LogP contribution in [0.3, 0.4) is 0 Å². The molecule has 0 saturated carbocycles. The van der Waals surface area contributed by atoms with Crippen molar-refractivity contribution >= 4 is 40.7 Å². The van der Waals surface area contributed by atoms with Crippen molar-refractivity contribution in [3.63, 3.8) is 0 Å². The first kappa shape index (κ1) is 29.2. The number of β-amino-alcohol motifs (C(OH)–C–C–N with tert-alkyl or cyclic N) is 1. The van der Waals surface area contributed by atoms with Crippen molar-refractivity contribution in [3.8, 4) is 0 Å². The lowest BCUT2D eigenvalue weighted by Gasteiger charge is -2.37. The van der Waals surface area contributed by atoms with E-state index in [1.54, 1.807) is 18.2 Å². The van der Waals surface area contributed by atoms with Gasteiger partial charge in [0.1, 0.15) is 17.3 Å². The molecule has 0 aliphatic carbocycles. The smallest absolute Gasteiger partial charge is 0.237 e. The quantitative estimate of drug-likeness (QED) is 0.384. The summed E-state index contributed by atoms with van der Waals surface area (Å²) < 4.78 is 15.0. The van der Waals surface area contributed by atoms with Crippen molar-refractivity contribution in [2.75, 3.05) is 31.5 Å². The predicted octanol–water partition coefficient (Wildman–Crippen LogP) is 2.77. The molecule has 3 heterocycles. The summed E-state index contributed by atoms with van der Waals surface area (Å²) in [5.41, 5.74) is 0.0520. The molecule has 0 aromatic heterocycles. The van der Waals surface area contributed by atoms with Crippen LogP contribution < -0.4 is 16.0 Å². The molecule has 6 N–H and O–H groups in total. The van der Waals surface area contributed by atoms with Gasteiger partial charge in [-0.3, -0.25) is 14.5 Å². The monoisotopic (exact) mass is 593 g/mol. The zero-order chi connectivity index (χ0) is 29.0. The van der Waals surface area contributed by atoms with Gasteiger partial charge in [0.05, 0.1) is 17.6 Å². The number of likely N-dealkylation sites (tertiary alicyclic amines) is 1. The topological polar surface area (TPSA) is 117 Å². The minimum atomic E-state index is -1.31. The molecule has 2 fully saturated rings. The maximum Gasteiger partial charge on any atom is 0.237 e. The van der Waals surface area contributed by atoms with Crippen LogP contribution in [0.15, 0.2) is 36.4 Å². The highest BCUT2D eigenvalue weighted by Crippen LogP contribution is 2.57. The maximum absolute atomic E-state index is 15.0. The van der Waals surface area contributed by atoms with E-state index in [2.05, 4.69) is 36.7 Å². The first-order valence-corrected chi connectivity index (χ1v) is 14.3. The lowest BCUT2D eigenvalue weighted by atomic mass is 9.62. The van der Waals surface area contributed by atoms with E-state index in [0.717, 1.165) is 0 Å². The summed E-state index contributed by atoms with van der Waals surface area (Å²) in [6.07, 6.45) is -0.735. The van der Waals surface area contributed by atoms with E-state index in [4.69, 9.17) is 28.3 Å². The molecule has 216 valence electrons. The number of hydrogen-bond acceptors (Lipinski definition) is 5. The first-order chi connectivity index (χ1) is 18.8. The molecule has 3 aliphatic rings. The first-order valence-electron chi connectivity index (χ1n) is 13.5. The van der Waals surface area contributed by atoms with Crippen LogP contribution in [0.2, 0.25) is 10.0 Å². The minimum Gasteiger partial charge on any atom is -0.440 e. The van der Waals surface area contributed by atoms with Gasteiger partial charge in [-0.1, -0.05) is 56.1 Å². The standard InChI is InChI=1S/C29H35Cl2FN4O4/c1-28(2,3)12-23-29(17-10-19(32)18(31)11-20(17)34-27(29)40)24(15-5-4-6-16(30)9-15)25(35-23)26(39)33-7-8-36-13-21(37)22(38)14-36/h4-6,9-11,21-25,35,37-38H,7-8,12-14H2,1-3H3,(H,33,39)(H,34,40)/p+1/t21-,22+,23-,24+,25-,29+/m1/s1. The highest BCUT2D eigenvalue weighted by molar-refractivity contribution is 6.31. The zero-order valence-corrected chi connectivity index (χ0v) is 24.2. The molecule has 11 heteroatoms. The van der Waals surface area contributed by atoms with Crippen LogP contribution in [-0.2, 0) is 15.0 Å². The normalized spacial score (nSPS) is 30.1. The van der Waals surface area contributed by atoms with Gasteiger partial charge in [0.2, 0.25) is 11.8 Å². The SMILES string of the molecule is CC(C)(C)C[C@H]1N[C@@H](C(=O)NCCN2C[C@@H]([OH2+])[C@@H](O)C2)[C@H](c2cccc(Cl)c2)[C@@]12C(=O)Nc1cc(Cl)c(F)cc12. The molecule has 2 amide bonds. The molecule has 5 rings (SSSR count). The summed E-state index contributed by atoms with van der Waals surface area (Å²) in [5.74, 6) is -1.95. The summed E-state index contributed by atoms with van der Waals surface area (Å²) in [4.78, 5) is 29.9. The molecular weight excluding hydrogens is 558 g/mol. The number of anilines is 1. The lowest BCUT2D eigenvalue weighted by molar-refractivity contribution is -0.123. The number of aliphatic hydroxyl groups excluding tert-OH is 1. The fourth-order valence-electron chi connectivity index (χ4n) is 6.63. The molecule has 0 unspecified atom stereocenters. The number of carbonyl (C=O) groups is 2. The molecule has 40 heavy (non-hydrogen) atoms. The summed E-state index contributed by atoms with van der Waals surface area (Å²) in [6, 6.07) is 8.53. The highest BCUT2D eigenvalue weighted by atomic mass is 35.5. The largest absolute Gasteiger partial charge is 0.440 e. The van der Waals surface area contributed by atoms with Crippen LogP contribution in [0.5, 0.6) is 0 Å². The number of nitrogens with one attached hydrogen (secondary N) is 3. The Hall–Kier alpha value is -2.27. The van der Waals surface area contributed by atoms with Gasteiger partial charge < -0.3 is 26.2 Å². The van der Waals surface area contributed by atoms with Gasteiger partial charge in [0.25, 0.3) is 0 Å². The van der Waals surface area contributed by atoms with Crippen LogP contribution >= 0.6 is 23.2 Å². The van der Waals surface area contributed by atoms with Gasteiger partial charge in [-0.05, 0) is 47.2 Å². The van der Waals surface area contributed by atoms with E-state index in [1.807, 2.05) is 11.0 Å². The Labute approximate surface area is 243 Å². The minimum absolute atomic E-state index is 0.0926. The Morgan fingerprint density at radius 2 is 2.00 bits per heavy atom. The Balaban J connectivity index is 1.56. The van der Waals surface area contributed by atoms with E-state index < -0.39 is 41.4 Å². The van der Waals surface area contributed by atoms with Gasteiger partial charge in [-0.15, -0.1) is 0 Å². The molecule has 2 aromatic carbocycles. The van der Waals surface area contributed by atoms with E-state index in [0.29, 0.717) is 54.4 Å². The fourth-order valence-corrected chi connectivity index (χ4v) is 6.99. The van der Waals surface area contributed by atoms with Gasteiger partial charge in [0.15, 0.2) is 6.10 Å². The van der Waals surface area contributed by atoms with E-state index in [9.17, 15) is 19.1 Å². The average Bonchev–Trinajstić information content (AvgIpc) is 3.46. The number of benzene rings is 2. The van der Waals surface area contributed by atoms with Crippen molar-refractivity contribution in [3.05, 3.63) is 63.4 Å². The van der Waals surface area contributed by atoms with E-state index in [-0.39, 0.29) is 22.3 Å². The van der Waals surface area contributed by atoms with Gasteiger partial charge >= 0.3 is 0 Å². The summed E-state index contributed by atoms with van der Waals surface area (Å²) in [5, 5.41) is 27.6. The molecular formula is C29H36Cl2FN4O4+. The third kappa shape index (κ3) is 5.24. The van der Waals surface area contributed by atoms with E-state index >= 15 is 0 Å². The molecule has 0 bridgehead atoms. The van der Waals surface area contributed by atoms with Crippen molar-refractivity contribution < 1.29 is 24.2 Å². The summed E-state index contributed by atoms with van der Waals surface area (Å²) >= 11 is 12.5. The number of fused-ring (bicyclic) bond motifs is 2. The zero-order valence-electron chi connectivity index (χ0n) is 22.7. The second-order valence-corrected chi connectivity index (χ2v) is 13.2. The molecule has 6 atom stereocenters. The number of rotatable bonds is 6. The second-order valence-electron chi connectivity index (χ2n) is 12.4. The molecule has 1 spiro atoms. The third-order valence-electron chi connectivity index (χ3n) is 8.28. The maximum atomic E-state index is 15.0. The average molecular weight is 595 g/mol.